The molecule has 0 fully saturated rings. The molecule has 0 spiro atoms. The number of hydrogen-bond acceptors (Lipinski definition) is 2. The fourth-order valence-electron chi connectivity index (χ4n) is 1.31. The number of nitriles is 1. The lowest BCUT2D eigenvalue weighted by molar-refractivity contribution is -0.118. The number of ketones is 1. The molecule has 0 heterocycles. The lowest BCUT2D eigenvalue weighted by Gasteiger charge is -1.98. The average molecular weight is 187 g/mol. The van der Waals surface area contributed by atoms with E-state index in [0.29, 0.717) is 6.42 Å². The van der Waals surface area contributed by atoms with Gasteiger partial charge in [-0.05, 0) is 18.4 Å². The fraction of sp³-hybridized carbons (Fsp3) is 0.333. The number of nitrogens with zero attached hydrogens (tertiary/aromatic N) is 1. The Morgan fingerprint density at radius 2 is 2.00 bits per heavy atom. The third kappa shape index (κ3) is 3.86. The standard InChI is InChI=1S/C12H13NO/c13-10-9-12(14)8-4-7-11-5-2-1-3-6-11/h1-3,5-6H,4,7-9H2. The van der Waals surface area contributed by atoms with E-state index in [9.17, 15) is 4.79 Å². The maximum atomic E-state index is 11.0. The van der Waals surface area contributed by atoms with Crippen molar-refractivity contribution >= 4 is 5.78 Å². The summed E-state index contributed by atoms with van der Waals surface area (Å²) in [5.41, 5.74) is 1.25. The van der Waals surface area contributed by atoms with Gasteiger partial charge in [0.1, 0.15) is 5.78 Å². The number of carbonyl (C=O) groups excluding carboxylic acids is 1. The first-order valence-corrected chi connectivity index (χ1v) is 4.75. The molecule has 0 N–H and O–H groups in total. The van der Waals surface area contributed by atoms with Crippen LogP contribution in [0.1, 0.15) is 24.8 Å². The summed E-state index contributed by atoms with van der Waals surface area (Å²) in [6.45, 7) is 0. The van der Waals surface area contributed by atoms with Crippen molar-refractivity contribution in [1.82, 2.24) is 0 Å². The van der Waals surface area contributed by atoms with E-state index in [0.717, 1.165) is 12.8 Å². The lowest BCUT2D eigenvalue weighted by atomic mass is 10.1. The zero-order chi connectivity index (χ0) is 10.2. The van der Waals surface area contributed by atoms with E-state index >= 15 is 0 Å². The summed E-state index contributed by atoms with van der Waals surface area (Å²) in [6, 6.07) is 11.9. The zero-order valence-corrected chi connectivity index (χ0v) is 8.07. The summed E-state index contributed by atoms with van der Waals surface area (Å²) in [6.07, 6.45) is 2.32. The van der Waals surface area contributed by atoms with Gasteiger partial charge in [-0.25, -0.2) is 0 Å². The van der Waals surface area contributed by atoms with Gasteiger partial charge in [0.05, 0.1) is 12.5 Å². The van der Waals surface area contributed by atoms with Gasteiger partial charge in [-0.15, -0.1) is 0 Å². The van der Waals surface area contributed by atoms with Gasteiger partial charge >= 0.3 is 0 Å². The van der Waals surface area contributed by atoms with Crippen LogP contribution in [0.15, 0.2) is 30.3 Å². The Kier molecular flexibility index (Phi) is 4.43. The van der Waals surface area contributed by atoms with Gasteiger partial charge in [-0.3, -0.25) is 4.79 Å². The van der Waals surface area contributed by atoms with Crippen molar-refractivity contribution in [1.29, 1.82) is 5.26 Å². The Bertz CT molecular complexity index is 324. The van der Waals surface area contributed by atoms with Crippen LogP contribution in [0.5, 0.6) is 0 Å². The highest BCUT2D eigenvalue weighted by Gasteiger charge is 2.00. The molecule has 72 valence electrons. The summed E-state index contributed by atoms with van der Waals surface area (Å²) in [5, 5.41) is 8.28. The van der Waals surface area contributed by atoms with E-state index in [1.54, 1.807) is 0 Å². The Hall–Kier alpha value is -1.62. The van der Waals surface area contributed by atoms with Crippen LogP contribution in [-0.4, -0.2) is 5.78 Å². The number of Topliss-reactive ketones (excluding diaryl/α,β-unsaturated/α-hetero) is 1. The summed E-state index contributed by atoms with van der Waals surface area (Å²) in [7, 11) is 0. The van der Waals surface area contributed by atoms with Crippen LogP contribution in [0, 0.1) is 11.3 Å². The average Bonchev–Trinajstić information content (AvgIpc) is 2.20. The number of hydrogen-bond donors (Lipinski definition) is 0. The van der Waals surface area contributed by atoms with Gasteiger partial charge < -0.3 is 0 Å². The van der Waals surface area contributed by atoms with Gasteiger partial charge in [0, 0.05) is 6.42 Å². The molecule has 2 nitrogen and oxygen atoms in total. The van der Waals surface area contributed by atoms with Crippen molar-refractivity contribution < 1.29 is 4.79 Å². The predicted molar refractivity (Wildman–Crippen MR) is 54.6 cm³/mol. The molecular formula is C12H13NO. The van der Waals surface area contributed by atoms with Crippen molar-refractivity contribution in [3.63, 3.8) is 0 Å². The molecular weight excluding hydrogens is 174 g/mol. The van der Waals surface area contributed by atoms with Crippen molar-refractivity contribution in [2.45, 2.75) is 25.7 Å². The second kappa shape index (κ2) is 5.93. The Labute approximate surface area is 84.2 Å². The molecule has 0 amide bonds. The smallest absolute Gasteiger partial charge is 0.146 e. The first kappa shape index (κ1) is 10.5. The maximum Gasteiger partial charge on any atom is 0.146 e. The molecule has 0 atom stereocenters. The third-order valence-corrected chi connectivity index (χ3v) is 2.04. The van der Waals surface area contributed by atoms with Gasteiger partial charge in [0.2, 0.25) is 0 Å². The number of carbonyl (C=O) groups is 1. The van der Waals surface area contributed by atoms with E-state index in [1.165, 1.54) is 5.56 Å². The van der Waals surface area contributed by atoms with Crippen LogP contribution < -0.4 is 0 Å². The highest BCUT2D eigenvalue weighted by Crippen LogP contribution is 2.05. The van der Waals surface area contributed by atoms with E-state index in [1.807, 2.05) is 24.3 Å². The quantitative estimate of drug-likeness (QED) is 0.710. The Morgan fingerprint density at radius 1 is 1.29 bits per heavy atom. The molecule has 0 unspecified atom stereocenters. The molecule has 0 aliphatic heterocycles. The zero-order valence-electron chi connectivity index (χ0n) is 8.07. The highest BCUT2D eigenvalue weighted by atomic mass is 16.1. The second-order valence-corrected chi connectivity index (χ2v) is 3.21. The summed E-state index contributed by atoms with van der Waals surface area (Å²) >= 11 is 0. The van der Waals surface area contributed by atoms with E-state index < -0.39 is 0 Å². The normalized spacial score (nSPS) is 9.36. The fourth-order valence-corrected chi connectivity index (χ4v) is 1.31. The van der Waals surface area contributed by atoms with Gasteiger partial charge in [0.15, 0.2) is 0 Å². The van der Waals surface area contributed by atoms with Crippen LogP contribution in [0.3, 0.4) is 0 Å². The summed E-state index contributed by atoms with van der Waals surface area (Å²) in [4.78, 5) is 11.0. The molecule has 1 aromatic rings. The van der Waals surface area contributed by atoms with Crippen molar-refractivity contribution in [3.05, 3.63) is 35.9 Å². The number of rotatable bonds is 5. The van der Waals surface area contributed by atoms with Crippen molar-refractivity contribution in [2.75, 3.05) is 0 Å². The molecule has 0 radical (unpaired) electrons. The molecule has 0 saturated heterocycles. The van der Waals surface area contributed by atoms with Gasteiger partial charge in [-0.1, -0.05) is 30.3 Å². The Balaban J connectivity index is 2.23. The molecule has 0 aliphatic carbocycles. The minimum atomic E-state index is 0.0448. The predicted octanol–water partition coefficient (Wildman–Crippen LogP) is 2.49. The number of aryl methyl sites for hydroxylation is 1. The molecule has 1 aromatic carbocycles. The first-order chi connectivity index (χ1) is 6.83. The number of benzene rings is 1. The van der Waals surface area contributed by atoms with E-state index in [4.69, 9.17) is 5.26 Å². The first-order valence-electron chi connectivity index (χ1n) is 4.75. The molecule has 0 bridgehead atoms. The third-order valence-electron chi connectivity index (χ3n) is 2.04. The van der Waals surface area contributed by atoms with Crippen LogP contribution in [0.2, 0.25) is 0 Å². The molecule has 2 heteroatoms. The van der Waals surface area contributed by atoms with Crippen molar-refractivity contribution in [3.8, 4) is 6.07 Å². The minimum Gasteiger partial charge on any atom is -0.299 e. The largest absolute Gasteiger partial charge is 0.299 e. The van der Waals surface area contributed by atoms with E-state index in [2.05, 4.69) is 12.1 Å². The molecule has 0 aliphatic rings. The van der Waals surface area contributed by atoms with Crippen LogP contribution in [-0.2, 0) is 11.2 Å². The van der Waals surface area contributed by atoms with E-state index in [-0.39, 0.29) is 12.2 Å². The van der Waals surface area contributed by atoms with Gasteiger partial charge in [-0.2, -0.15) is 5.26 Å². The second-order valence-electron chi connectivity index (χ2n) is 3.21. The summed E-state index contributed by atoms with van der Waals surface area (Å²) < 4.78 is 0. The topological polar surface area (TPSA) is 40.9 Å². The highest BCUT2D eigenvalue weighted by molar-refractivity contribution is 5.80. The molecule has 14 heavy (non-hydrogen) atoms. The molecule has 1 rings (SSSR count). The van der Waals surface area contributed by atoms with Gasteiger partial charge in [0.25, 0.3) is 0 Å². The summed E-state index contributed by atoms with van der Waals surface area (Å²) in [5.74, 6) is 0.0448. The van der Waals surface area contributed by atoms with Crippen LogP contribution >= 0.6 is 0 Å². The van der Waals surface area contributed by atoms with Crippen LogP contribution in [0.4, 0.5) is 0 Å². The lowest BCUT2D eigenvalue weighted by Crippen LogP contribution is -1.96. The monoisotopic (exact) mass is 187 g/mol. The molecule has 0 aromatic heterocycles. The molecule has 0 saturated carbocycles. The Morgan fingerprint density at radius 3 is 2.64 bits per heavy atom. The maximum absolute atomic E-state index is 11.0. The van der Waals surface area contributed by atoms with Crippen LogP contribution in [0.25, 0.3) is 0 Å². The van der Waals surface area contributed by atoms with Crippen molar-refractivity contribution in [2.24, 2.45) is 0 Å². The minimum absolute atomic E-state index is 0.0448. The SMILES string of the molecule is N#CCC(=O)CCCc1ccccc1.